The first-order chi connectivity index (χ1) is 16.5. The molecule has 0 saturated heterocycles. The zero-order chi connectivity index (χ0) is 23.9. The summed E-state index contributed by atoms with van der Waals surface area (Å²) in [5.74, 6) is 2.21. The maximum absolute atomic E-state index is 12.5. The number of hydrogen-bond acceptors (Lipinski definition) is 6. The number of Topliss-reactive ketones (excluding diaryl/α,β-unsaturated/α-hetero) is 1. The maximum Gasteiger partial charge on any atom is 0.229 e. The second kappa shape index (κ2) is 10.6. The van der Waals surface area contributed by atoms with E-state index in [0.717, 1.165) is 34.1 Å². The molecule has 0 unspecified atom stereocenters. The highest BCUT2D eigenvalue weighted by atomic mass is 16.5. The number of methoxy groups -OCH3 is 1. The second-order valence-electron chi connectivity index (χ2n) is 8.20. The molecule has 172 valence electrons. The lowest BCUT2D eigenvalue weighted by Gasteiger charge is -2.19. The average molecular weight is 453 g/mol. The number of nitrogens with zero attached hydrogens (tertiary/aromatic N) is 3. The van der Waals surface area contributed by atoms with Crippen LogP contribution in [0.5, 0.6) is 5.75 Å². The third-order valence-electron chi connectivity index (χ3n) is 5.56. The third-order valence-corrected chi connectivity index (χ3v) is 5.56. The Balaban J connectivity index is 1.40. The van der Waals surface area contributed by atoms with Gasteiger partial charge in [0.25, 0.3) is 0 Å². The fraction of sp³-hybridized carbons (Fsp3) is 0.179. The van der Waals surface area contributed by atoms with Crippen molar-refractivity contribution in [1.82, 2.24) is 9.97 Å². The normalized spacial score (nSPS) is 10.6. The van der Waals surface area contributed by atoms with Gasteiger partial charge in [-0.25, -0.2) is 4.98 Å². The Bertz CT molecular complexity index is 1250. The summed E-state index contributed by atoms with van der Waals surface area (Å²) in [6.07, 6.45) is 2.59. The molecule has 0 atom stereocenters. The first-order valence-electron chi connectivity index (χ1n) is 11.1. The van der Waals surface area contributed by atoms with Gasteiger partial charge in [-0.05, 0) is 48.4 Å². The molecule has 1 N–H and O–H groups in total. The van der Waals surface area contributed by atoms with Crippen molar-refractivity contribution in [3.63, 3.8) is 0 Å². The number of anilines is 4. The second-order valence-corrected chi connectivity index (χ2v) is 8.20. The Kier molecular flexibility index (Phi) is 7.18. The van der Waals surface area contributed by atoms with Crippen LogP contribution in [0.25, 0.3) is 0 Å². The van der Waals surface area contributed by atoms with Crippen molar-refractivity contribution < 1.29 is 9.53 Å². The molecule has 3 aromatic carbocycles. The van der Waals surface area contributed by atoms with Crippen LogP contribution in [0, 0.1) is 6.92 Å². The van der Waals surface area contributed by atoms with Crippen LogP contribution in [0.1, 0.15) is 16.7 Å². The fourth-order valence-corrected chi connectivity index (χ4v) is 3.62. The molecule has 1 aromatic heterocycles. The molecular formula is C28H28N4O2. The first kappa shape index (κ1) is 23.0. The summed E-state index contributed by atoms with van der Waals surface area (Å²) < 4.78 is 5.27. The SMILES string of the molecule is COc1cccc(Nc2nccc(N(C)c3ccc(CC(=O)Cc4ccc(C)cc4)cc3)n2)c1. The largest absolute Gasteiger partial charge is 0.497 e. The lowest BCUT2D eigenvalue weighted by atomic mass is 10.0. The molecule has 6 nitrogen and oxygen atoms in total. The molecule has 4 aromatic rings. The number of carbonyl (C=O) groups is 1. The molecule has 0 bridgehead atoms. The summed E-state index contributed by atoms with van der Waals surface area (Å²) in [5, 5.41) is 3.21. The number of aromatic nitrogens is 2. The van der Waals surface area contributed by atoms with Crippen molar-refractivity contribution in [2.24, 2.45) is 0 Å². The molecule has 0 radical (unpaired) electrons. The van der Waals surface area contributed by atoms with E-state index in [1.807, 2.05) is 97.7 Å². The number of nitrogens with one attached hydrogen (secondary N) is 1. The number of aryl methyl sites for hydroxylation is 1. The highest BCUT2D eigenvalue weighted by Gasteiger charge is 2.10. The molecule has 0 aliphatic rings. The summed E-state index contributed by atoms with van der Waals surface area (Å²) in [6.45, 7) is 2.05. The van der Waals surface area contributed by atoms with Crippen LogP contribution in [0.2, 0.25) is 0 Å². The number of rotatable bonds is 9. The van der Waals surface area contributed by atoms with E-state index in [0.29, 0.717) is 18.8 Å². The minimum absolute atomic E-state index is 0.203. The molecule has 0 amide bonds. The van der Waals surface area contributed by atoms with Gasteiger partial charge in [0.15, 0.2) is 0 Å². The van der Waals surface area contributed by atoms with E-state index in [9.17, 15) is 4.79 Å². The Morgan fingerprint density at radius 1 is 0.941 bits per heavy atom. The van der Waals surface area contributed by atoms with Crippen LogP contribution in [0.4, 0.5) is 23.1 Å². The standard InChI is InChI=1S/C28H28N4O2/c1-20-7-9-21(10-8-20)17-25(33)18-22-11-13-24(14-12-22)32(2)27-15-16-29-28(31-27)30-23-5-4-6-26(19-23)34-3/h4-16,19H,17-18H2,1-3H3,(H,29,30,31). The van der Waals surface area contributed by atoms with E-state index >= 15 is 0 Å². The molecule has 34 heavy (non-hydrogen) atoms. The van der Waals surface area contributed by atoms with E-state index < -0.39 is 0 Å². The van der Waals surface area contributed by atoms with Gasteiger partial charge in [0.1, 0.15) is 17.4 Å². The molecule has 0 aliphatic heterocycles. The van der Waals surface area contributed by atoms with Gasteiger partial charge >= 0.3 is 0 Å². The molecule has 0 spiro atoms. The summed E-state index contributed by atoms with van der Waals surface area (Å²) in [7, 11) is 3.59. The van der Waals surface area contributed by atoms with Gasteiger partial charge in [-0.15, -0.1) is 0 Å². The van der Waals surface area contributed by atoms with Crippen molar-refractivity contribution in [1.29, 1.82) is 0 Å². The molecule has 1 heterocycles. The van der Waals surface area contributed by atoms with Crippen LogP contribution in [-0.4, -0.2) is 29.9 Å². The molecule has 0 aliphatic carbocycles. The Morgan fingerprint density at radius 3 is 2.29 bits per heavy atom. The molecular weight excluding hydrogens is 424 g/mol. The van der Waals surface area contributed by atoms with Gasteiger partial charge in [-0.2, -0.15) is 4.98 Å². The van der Waals surface area contributed by atoms with Crippen LogP contribution < -0.4 is 15.0 Å². The molecule has 0 fully saturated rings. The summed E-state index contributed by atoms with van der Waals surface area (Å²) in [4.78, 5) is 23.4. The summed E-state index contributed by atoms with van der Waals surface area (Å²) in [6, 6.07) is 25.6. The maximum atomic E-state index is 12.5. The molecule has 6 heteroatoms. The van der Waals surface area contributed by atoms with Gasteiger partial charge in [-0.1, -0.05) is 48.0 Å². The summed E-state index contributed by atoms with van der Waals surface area (Å²) >= 11 is 0. The van der Waals surface area contributed by atoms with Crippen molar-refractivity contribution in [3.8, 4) is 5.75 Å². The predicted octanol–water partition coefficient (Wildman–Crippen LogP) is 5.66. The lowest BCUT2D eigenvalue weighted by molar-refractivity contribution is -0.117. The van der Waals surface area contributed by atoms with E-state index in [1.54, 1.807) is 13.3 Å². The van der Waals surface area contributed by atoms with Gasteiger partial charge in [-0.3, -0.25) is 4.79 Å². The van der Waals surface area contributed by atoms with Gasteiger partial charge in [0.05, 0.1) is 7.11 Å². The number of ketones is 1. The quantitative estimate of drug-likeness (QED) is 0.353. The molecule has 4 rings (SSSR count). The van der Waals surface area contributed by atoms with Gasteiger partial charge in [0, 0.05) is 43.5 Å². The van der Waals surface area contributed by atoms with Crippen molar-refractivity contribution in [2.75, 3.05) is 24.4 Å². The van der Waals surface area contributed by atoms with E-state index in [4.69, 9.17) is 4.74 Å². The third kappa shape index (κ3) is 5.98. The smallest absolute Gasteiger partial charge is 0.229 e. The van der Waals surface area contributed by atoms with Crippen molar-refractivity contribution in [2.45, 2.75) is 19.8 Å². The molecule has 0 saturated carbocycles. The topological polar surface area (TPSA) is 67.3 Å². The van der Waals surface area contributed by atoms with Crippen LogP contribution >= 0.6 is 0 Å². The number of benzene rings is 3. The summed E-state index contributed by atoms with van der Waals surface area (Å²) in [5.41, 5.74) is 5.06. The fourth-order valence-electron chi connectivity index (χ4n) is 3.62. The number of carbonyl (C=O) groups excluding carboxylic acids is 1. The van der Waals surface area contributed by atoms with Crippen LogP contribution in [0.15, 0.2) is 85.1 Å². The van der Waals surface area contributed by atoms with E-state index in [-0.39, 0.29) is 5.78 Å². The van der Waals surface area contributed by atoms with Crippen molar-refractivity contribution in [3.05, 3.63) is 102 Å². The van der Waals surface area contributed by atoms with Crippen molar-refractivity contribution >= 4 is 28.9 Å². The highest BCUT2D eigenvalue weighted by Crippen LogP contribution is 2.24. The lowest BCUT2D eigenvalue weighted by Crippen LogP contribution is -2.12. The van der Waals surface area contributed by atoms with E-state index in [2.05, 4.69) is 15.3 Å². The van der Waals surface area contributed by atoms with Gasteiger partial charge < -0.3 is 15.0 Å². The predicted molar refractivity (Wildman–Crippen MR) is 136 cm³/mol. The van der Waals surface area contributed by atoms with Gasteiger partial charge in [0.2, 0.25) is 5.95 Å². The highest BCUT2D eigenvalue weighted by molar-refractivity contribution is 5.83. The zero-order valence-corrected chi connectivity index (χ0v) is 19.7. The Labute approximate surface area is 200 Å². The Hall–Kier alpha value is -4.19. The van der Waals surface area contributed by atoms with Crippen LogP contribution in [0.3, 0.4) is 0 Å². The zero-order valence-electron chi connectivity index (χ0n) is 19.7. The van der Waals surface area contributed by atoms with E-state index in [1.165, 1.54) is 5.56 Å². The number of hydrogen-bond donors (Lipinski definition) is 1. The average Bonchev–Trinajstić information content (AvgIpc) is 2.86. The monoisotopic (exact) mass is 452 g/mol. The first-order valence-corrected chi connectivity index (χ1v) is 11.1. The Morgan fingerprint density at radius 2 is 1.62 bits per heavy atom. The number of ether oxygens (including phenoxy) is 1. The van der Waals surface area contributed by atoms with Crippen LogP contribution in [-0.2, 0) is 17.6 Å². The minimum Gasteiger partial charge on any atom is -0.497 e. The minimum atomic E-state index is 0.203.